The molecule has 1 fully saturated rings. The van der Waals surface area contributed by atoms with E-state index < -0.39 is 11.7 Å². The van der Waals surface area contributed by atoms with Crippen LogP contribution in [0.25, 0.3) is 11.4 Å². The molecule has 1 aliphatic rings. The fourth-order valence-corrected chi connectivity index (χ4v) is 4.63. The maximum atomic E-state index is 15.2. The van der Waals surface area contributed by atoms with Crippen LogP contribution in [0.2, 0.25) is 0 Å². The Bertz CT molecular complexity index is 1160. The van der Waals surface area contributed by atoms with Crippen LogP contribution in [0.3, 0.4) is 0 Å². The van der Waals surface area contributed by atoms with E-state index in [9.17, 15) is 4.79 Å². The number of benzene rings is 1. The van der Waals surface area contributed by atoms with Gasteiger partial charge >= 0.3 is 0 Å². The molecule has 1 aromatic carbocycles. The van der Waals surface area contributed by atoms with Gasteiger partial charge in [-0.1, -0.05) is 25.0 Å². The zero-order chi connectivity index (χ0) is 24.2. The van der Waals surface area contributed by atoms with E-state index >= 15 is 4.39 Å². The Balaban J connectivity index is 1.69. The van der Waals surface area contributed by atoms with E-state index in [1.165, 1.54) is 6.07 Å². The molecular formula is C25H30FN7O. The fraction of sp³-hybridized carbons (Fsp3) is 0.360. The summed E-state index contributed by atoms with van der Waals surface area (Å²) in [5.41, 5.74) is 7.00. The summed E-state index contributed by atoms with van der Waals surface area (Å²) >= 11 is 0. The third-order valence-electron chi connectivity index (χ3n) is 6.36. The second kappa shape index (κ2) is 10.1. The van der Waals surface area contributed by atoms with Crippen molar-refractivity contribution in [2.45, 2.75) is 37.8 Å². The Kier molecular flexibility index (Phi) is 7.02. The van der Waals surface area contributed by atoms with Crippen LogP contribution in [0.15, 0.2) is 48.8 Å². The molecule has 1 amide bonds. The van der Waals surface area contributed by atoms with Crippen LogP contribution in [0.4, 0.5) is 21.7 Å². The van der Waals surface area contributed by atoms with Crippen molar-refractivity contribution in [2.24, 2.45) is 5.73 Å². The number of carbonyl (C=O) groups excluding carboxylic acids is 1. The molecule has 34 heavy (non-hydrogen) atoms. The zero-order valence-electron chi connectivity index (χ0n) is 19.7. The first-order valence-electron chi connectivity index (χ1n) is 11.4. The number of anilines is 3. The van der Waals surface area contributed by atoms with Gasteiger partial charge in [-0.3, -0.25) is 4.79 Å². The number of hydrogen-bond donors (Lipinski definition) is 2. The van der Waals surface area contributed by atoms with Gasteiger partial charge in [0, 0.05) is 42.8 Å². The predicted octanol–water partition coefficient (Wildman–Crippen LogP) is 3.83. The summed E-state index contributed by atoms with van der Waals surface area (Å²) in [7, 11) is 5.96. The predicted molar refractivity (Wildman–Crippen MR) is 132 cm³/mol. The number of aromatic nitrogens is 3. The van der Waals surface area contributed by atoms with E-state index in [0.29, 0.717) is 11.5 Å². The highest BCUT2D eigenvalue weighted by atomic mass is 19.1. The zero-order valence-corrected chi connectivity index (χ0v) is 19.7. The Hall–Kier alpha value is -3.59. The van der Waals surface area contributed by atoms with E-state index in [0.717, 1.165) is 31.2 Å². The fourth-order valence-electron chi connectivity index (χ4n) is 4.63. The molecule has 2 atom stereocenters. The number of amides is 1. The quantitative estimate of drug-likeness (QED) is 0.549. The van der Waals surface area contributed by atoms with Crippen molar-refractivity contribution in [2.75, 3.05) is 31.4 Å². The number of nitrogens with one attached hydrogen (secondary N) is 1. The molecule has 3 N–H and O–H groups in total. The molecule has 1 aliphatic carbocycles. The molecule has 2 heterocycles. The van der Waals surface area contributed by atoms with Gasteiger partial charge in [-0.15, -0.1) is 0 Å². The molecule has 0 bridgehead atoms. The first-order valence-corrected chi connectivity index (χ1v) is 11.4. The van der Waals surface area contributed by atoms with Crippen LogP contribution in [0, 0.1) is 5.82 Å². The number of likely N-dealkylation sites (N-methyl/N-ethyl adjacent to an activating group) is 2. The molecule has 4 rings (SSSR count). The molecule has 0 saturated heterocycles. The van der Waals surface area contributed by atoms with Crippen molar-refractivity contribution in [3.63, 3.8) is 0 Å². The van der Waals surface area contributed by atoms with Gasteiger partial charge in [0.1, 0.15) is 5.82 Å². The number of nitrogens with zero attached hydrogens (tertiary/aromatic N) is 5. The second-order valence-corrected chi connectivity index (χ2v) is 8.83. The maximum absolute atomic E-state index is 15.2. The Morgan fingerprint density at radius 2 is 1.76 bits per heavy atom. The number of halogens is 1. The number of carbonyl (C=O) groups is 1. The van der Waals surface area contributed by atoms with Crippen molar-refractivity contribution < 1.29 is 9.18 Å². The third kappa shape index (κ3) is 4.99. The average Bonchev–Trinajstić information content (AvgIpc) is 2.85. The number of nitrogens with two attached hydrogens (primary N) is 1. The van der Waals surface area contributed by atoms with Crippen molar-refractivity contribution in [3.8, 4) is 11.4 Å². The molecule has 2 aromatic heterocycles. The van der Waals surface area contributed by atoms with E-state index in [1.54, 1.807) is 18.5 Å². The highest BCUT2D eigenvalue weighted by Gasteiger charge is 2.32. The van der Waals surface area contributed by atoms with Crippen molar-refractivity contribution in [3.05, 3.63) is 60.2 Å². The summed E-state index contributed by atoms with van der Waals surface area (Å²) in [5, 5.41) is 3.15. The third-order valence-corrected chi connectivity index (χ3v) is 6.36. The summed E-state index contributed by atoms with van der Waals surface area (Å²) in [5.74, 6) is -0.362. The molecule has 2 unspecified atom stereocenters. The minimum absolute atomic E-state index is 0.0104. The van der Waals surface area contributed by atoms with Gasteiger partial charge in [-0.05, 0) is 51.2 Å². The minimum atomic E-state index is -0.755. The molecule has 178 valence electrons. The average molecular weight is 464 g/mol. The molecule has 8 nitrogen and oxygen atoms in total. The van der Waals surface area contributed by atoms with Gasteiger partial charge in [0.15, 0.2) is 17.5 Å². The SMILES string of the molecule is CN(C)C1CCCCC1N(C)c1nc(Nc2cccc(-c3ncccn3)c2)c(C(N)=O)cc1F. The number of primary amides is 1. The highest BCUT2D eigenvalue weighted by Crippen LogP contribution is 2.32. The smallest absolute Gasteiger partial charge is 0.252 e. The van der Waals surface area contributed by atoms with Crippen LogP contribution in [-0.4, -0.2) is 59.0 Å². The monoisotopic (exact) mass is 463 g/mol. The van der Waals surface area contributed by atoms with Crippen LogP contribution in [0.5, 0.6) is 0 Å². The molecule has 9 heteroatoms. The van der Waals surface area contributed by atoms with Crippen molar-refractivity contribution in [1.82, 2.24) is 19.9 Å². The van der Waals surface area contributed by atoms with E-state index in [4.69, 9.17) is 5.73 Å². The highest BCUT2D eigenvalue weighted by molar-refractivity contribution is 5.98. The summed E-state index contributed by atoms with van der Waals surface area (Å²) in [6, 6.07) is 10.7. The van der Waals surface area contributed by atoms with Crippen LogP contribution in [0.1, 0.15) is 36.0 Å². The summed E-state index contributed by atoms with van der Waals surface area (Å²) in [6.07, 6.45) is 7.56. The van der Waals surface area contributed by atoms with Crippen LogP contribution >= 0.6 is 0 Å². The lowest BCUT2D eigenvalue weighted by Crippen LogP contribution is -2.50. The Morgan fingerprint density at radius 1 is 1.06 bits per heavy atom. The van der Waals surface area contributed by atoms with Crippen LogP contribution < -0.4 is 16.0 Å². The number of pyridine rings is 1. The lowest BCUT2D eigenvalue weighted by molar-refractivity contribution is 0.100. The maximum Gasteiger partial charge on any atom is 0.252 e. The van der Waals surface area contributed by atoms with E-state index in [1.807, 2.05) is 50.3 Å². The van der Waals surface area contributed by atoms with Gasteiger partial charge in [-0.2, -0.15) is 0 Å². The lowest BCUT2D eigenvalue weighted by Gasteiger charge is -2.42. The number of hydrogen-bond acceptors (Lipinski definition) is 7. The van der Waals surface area contributed by atoms with Gasteiger partial charge in [-0.25, -0.2) is 19.3 Å². The summed E-state index contributed by atoms with van der Waals surface area (Å²) < 4.78 is 15.2. The molecule has 0 spiro atoms. The number of rotatable bonds is 7. The van der Waals surface area contributed by atoms with Gasteiger partial charge in [0.2, 0.25) is 0 Å². The van der Waals surface area contributed by atoms with Gasteiger partial charge in [0.05, 0.1) is 5.56 Å². The summed E-state index contributed by atoms with van der Waals surface area (Å²) in [4.78, 5) is 29.3. The Morgan fingerprint density at radius 3 is 2.44 bits per heavy atom. The molecule has 0 radical (unpaired) electrons. The molecular weight excluding hydrogens is 433 g/mol. The van der Waals surface area contributed by atoms with E-state index in [-0.39, 0.29) is 29.3 Å². The summed E-state index contributed by atoms with van der Waals surface area (Å²) in [6.45, 7) is 0. The van der Waals surface area contributed by atoms with Crippen LogP contribution in [-0.2, 0) is 0 Å². The molecule has 1 saturated carbocycles. The molecule has 3 aromatic rings. The topological polar surface area (TPSA) is 100 Å². The first kappa shape index (κ1) is 23.6. The standard InChI is InChI=1S/C25H30FN7O/c1-32(2)20-10-4-5-11-21(20)33(3)25-19(26)15-18(22(27)34)24(31-25)30-17-9-6-8-16(14-17)23-28-12-7-13-29-23/h6-9,12-15,20-21H,4-5,10-11H2,1-3H3,(H2,27,34)(H,30,31). The Labute approximate surface area is 199 Å². The minimum Gasteiger partial charge on any atom is -0.365 e. The van der Waals surface area contributed by atoms with Crippen molar-refractivity contribution >= 4 is 23.2 Å². The second-order valence-electron chi connectivity index (χ2n) is 8.83. The first-order chi connectivity index (χ1) is 16.3. The van der Waals surface area contributed by atoms with Gasteiger partial charge < -0.3 is 20.9 Å². The van der Waals surface area contributed by atoms with Crippen molar-refractivity contribution in [1.29, 1.82) is 0 Å². The normalized spacial score (nSPS) is 18.0. The molecule has 0 aliphatic heterocycles. The van der Waals surface area contributed by atoms with E-state index in [2.05, 4.69) is 25.2 Å². The van der Waals surface area contributed by atoms with Gasteiger partial charge in [0.25, 0.3) is 5.91 Å². The largest absolute Gasteiger partial charge is 0.365 e. The lowest BCUT2D eigenvalue weighted by atomic mass is 9.88.